The monoisotopic (exact) mass is 214 g/mol. The molecular weight excluding hydrogens is 196 g/mol. The Kier molecular flexibility index (Phi) is 6.06. The molecule has 0 aliphatic rings. The van der Waals surface area contributed by atoms with Gasteiger partial charge in [0, 0.05) is 5.56 Å². The molecule has 1 heteroatoms. The lowest BCUT2D eigenvalue weighted by atomic mass is 10.2. The van der Waals surface area contributed by atoms with Crippen LogP contribution in [-0.4, -0.2) is 13.2 Å². The van der Waals surface area contributed by atoms with Crippen LogP contribution in [0, 0.1) is 18.8 Å². The van der Waals surface area contributed by atoms with Gasteiger partial charge in [-0.25, -0.2) is 0 Å². The first kappa shape index (κ1) is 12.5. The Labute approximate surface area is 98.1 Å². The van der Waals surface area contributed by atoms with Crippen molar-refractivity contribution in [2.75, 3.05) is 13.2 Å². The number of rotatable bonds is 4. The number of hydrogen-bond donors (Lipinski definition) is 0. The fourth-order valence-corrected chi connectivity index (χ4v) is 1.19. The Morgan fingerprint density at radius 2 is 1.94 bits per heavy atom. The zero-order valence-electron chi connectivity index (χ0n) is 9.99. The third-order valence-corrected chi connectivity index (χ3v) is 2.07. The van der Waals surface area contributed by atoms with E-state index in [9.17, 15) is 0 Å². The molecule has 0 aromatic heterocycles. The maximum absolute atomic E-state index is 5.32. The van der Waals surface area contributed by atoms with Crippen molar-refractivity contribution in [2.45, 2.75) is 20.3 Å². The second-order valence-corrected chi connectivity index (χ2v) is 3.56. The fourth-order valence-electron chi connectivity index (χ4n) is 1.19. The summed E-state index contributed by atoms with van der Waals surface area (Å²) in [6, 6.07) is 8.18. The summed E-state index contributed by atoms with van der Waals surface area (Å²) in [6.45, 7) is 5.31. The average Bonchev–Trinajstić information content (AvgIpc) is 2.30. The van der Waals surface area contributed by atoms with E-state index < -0.39 is 0 Å². The minimum atomic E-state index is 0.488. The number of hydrogen-bond acceptors (Lipinski definition) is 1. The molecule has 0 bridgehead atoms. The highest BCUT2D eigenvalue weighted by Crippen LogP contribution is 2.00. The number of benzene rings is 1. The van der Waals surface area contributed by atoms with Gasteiger partial charge in [-0.1, -0.05) is 48.6 Å². The Bertz CT molecular complexity index is 376. The van der Waals surface area contributed by atoms with Crippen molar-refractivity contribution in [3.8, 4) is 11.8 Å². The standard InChI is InChI=1S/C15H18O/c1-3-4-5-12-16-13-6-7-15-10-8-14(2)9-11-15/h4-5,8-11H,3,12-13H2,1-2H3. The van der Waals surface area contributed by atoms with Crippen LogP contribution in [0.1, 0.15) is 24.5 Å². The summed E-state index contributed by atoms with van der Waals surface area (Å²) in [5.74, 6) is 6.06. The van der Waals surface area contributed by atoms with Crippen molar-refractivity contribution < 1.29 is 4.74 Å². The van der Waals surface area contributed by atoms with Crippen LogP contribution >= 0.6 is 0 Å². The van der Waals surface area contributed by atoms with Crippen LogP contribution in [0.3, 0.4) is 0 Å². The van der Waals surface area contributed by atoms with Gasteiger partial charge in [-0.05, 0) is 25.5 Å². The Balaban J connectivity index is 2.27. The molecule has 1 aromatic rings. The summed E-state index contributed by atoms with van der Waals surface area (Å²) in [4.78, 5) is 0. The molecule has 0 unspecified atom stereocenters. The quantitative estimate of drug-likeness (QED) is 0.424. The van der Waals surface area contributed by atoms with Crippen LogP contribution in [-0.2, 0) is 4.74 Å². The van der Waals surface area contributed by atoms with Crippen LogP contribution < -0.4 is 0 Å². The molecule has 0 saturated heterocycles. The zero-order valence-corrected chi connectivity index (χ0v) is 9.99. The van der Waals surface area contributed by atoms with Crippen LogP contribution in [0.15, 0.2) is 36.4 Å². The minimum absolute atomic E-state index is 0.488. The van der Waals surface area contributed by atoms with Crippen LogP contribution in [0.5, 0.6) is 0 Å². The second-order valence-electron chi connectivity index (χ2n) is 3.56. The van der Waals surface area contributed by atoms with E-state index in [1.807, 2.05) is 18.2 Å². The van der Waals surface area contributed by atoms with Crippen LogP contribution in [0.2, 0.25) is 0 Å². The lowest BCUT2D eigenvalue weighted by Crippen LogP contribution is -1.90. The topological polar surface area (TPSA) is 9.23 Å². The second kappa shape index (κ2) is 7.73. The minimum Gasteiger partial charge on any atom is -0.365 e. The molecule has 84 valence electrons. The molecule has 0 aliphatic heterocycles. The molecule has 0 fully saturated rings. The third-order valence-electron chi connectivity index (χ3n) is 2.07. The predicted octanol–water partition coefficient (Wildman–Crippen LogP) is 3.33. The summed E-state index contributed by atoms with van der Waals surface area (Å²) >= 11 is 0. The molecular formula is C15H18O. The van der Waals surface area contributed by atoms with Gasteiger partial charge in [-0.3, -0.25) is 0 Å². The third kappa shape index (κ3) is 5.38. The van der Waals surface area contributed by atoms with Gasteiger partial charge in [0.2, 0.25) is 0 Å². The van der Waals surface area contributed by atoms with Gasteiger partial charge < -0.3 is 4.74 Å². The summed E-state index contributed by atoms with van der Waals surface area (Å²) in [5.41, 5.74) is 2.30. The summed E-state index contributed by atoms with van der Waals surface area (Å²) in [6.07, 6.45) is 5.17. The molecule has 0 aliphatic carbocycles. The van der Waals surface area contributed by atoms with Crippen molar-refractivity contribution in [3.05, 3.63) is 47.5 Å². The molecule has 0 N–H and O–H groups in total. The first-order chi connectivity index (χ1) is 7.83. The maximum atomic E-state index is 5.32. The molecule has 0 amide bonds. The van der Waals surface area contributed by atoms with Gasteiger partial charge in [-0.15, -0.1) is 0 Å². The Morgan fingerprint density at radius 3 is 2.62 bits per heavy atom. The van der Waals surface area contributed by atoms with E-state index in [2.05, 4.69) is 43.9 Å². The van der Waals surface area contributed by atoms with E-state index >= 15 is 0 Å². The first-order valence-electron chi connectivity index (χ1n) is 5.61. The molecule has 0 saturated carbocycles. The summed E-state index contributed by atoms with van der Waals surface area (Å²) in [5, 5.41) is 0. The largest absolute Gasteiger partial charge is 0.365 e. The van der Waals surface area contributed by atoms with Crippen molar-refractivity contribution in [3.63, 3.8) is 0 Å². The molecule has 0 atom stereocenters. The van der Waals surface area contributed by atoms with Crippen LogP contribution in [0.25, 0.3) is 0 Å². The zero-order chi connectivity index (χ0) is 11.6. The van der Waals surface area contributed by atoms with Gasteiger partial charge in [0.15, 0.2) is 0 Å². The van der Waals surface area contributed by atoms with Crippen molar-refractivity contribution >= 4 is 0 Å². The molecule has 1 aromatic carbocycles. The van der Waals surface area contributed by atoms with E-state index in [1.165, 1.54) is 5.56 Å². The van der Waals surface area contributed by atoms with E-state index in [4.69, 9.17) is 4.74 Å². The van der Waals surface area contributed by atoms with Crippen molar-refractivity contribution in [1.29, 1.82) is 0 Å². The molecule has 1 nitrogen and oxygen atoms in total. The number of ether oxygens (including phenoxy) is 1. The Hall–Kier alpha value is -1.52. The van der Waals surface area contributed by atoms with E-state index in [0.29, 0.717) is 13.2 Å². The highest BCUT2D eigenvalue weighted by Gasteiger charge is 1.85. The first-order valence-corrected chi connectivity index (χ1v) is 5.61. The van der Waals surface area contributed by atoms with Crippen molar-refractivity contribution in [2.24, 2.45) is 0 Å². The Morgan fingerprint density at radius 1 is 1.19 bits per heavy atom. The SMILES string of the molecule is CCC=CCOCC#Cc1ccc(C)cc1. The van der Waals surface area contributed by atoms with Crippen molar-refractivity contribution in [1.82, 2.24) is 0 Å². The molecule has 1 rings (SSSR count). The fraction of sp³-hybridized carbons (Fsp3) is 0.333. The summed E-state index contributed by atoms with van der Waals surface area (Å²) < 4.78 is 5.32. The number of allylic oxidation sites excluding steroid dienone is 1. The normalized spacial score (nSPS) is 10.1. The van der Waals surface area contributed by atoms with E-state index in [1.54, 1.807) is 0 Å². The highest BCUT2D eigenvalue weighted by atomic mass is 16.5. The average molecular weight is 214 g/mol. The van der Waals surface area contributed by atoms with Gasteiger partial charge in [0.05, 0.1) is 6.61 Å². The van der Waals surface area contributed by atoms with Gasteiger partial charge in [0.1, 0.15) is 6.61 Å². The lowest BCUT2D eigenvalue weighted by Gasteiger charge is -1.93. The van der Waals surface area contributed by atoms with Gasteiger partial charge in [-0.2, -0.15) is 0 Å². The molecule has 0 radical (unpaired) electrons. The molecule has 0 spiro atoms. The lowest BCUT2D eigenvalue weighted by molar-refractivity contribution is 0.199. The smallest absolute Gasteiger partial charge is 0.108 e. The summed E-state index contributed by atoms with van der Waals surface area (Å²) in [7, 11) is 0. The molecule has 0 heterocycles. The maximum Gasteiger partial charge on any atom is 0.108 e. The van der Waals surface area contributed by atoms with E-state index in [-0.39, 0.29) is 0 Å². The number of aryl methyl sites for hydroxylation is 1. The van der Waals surface area contributed by atoms with Gasteiger partial charge in [0.25, 0.3) is 0 Å². The van der Waals surface area contributed by atoms with Crippen LogP contribution in [0.4, 0.5) is 0 Å². The van der Waals surface area contributed by atoms with Gasteiger partial charge >= 0.3 is 0 Å². The molecule has 16 heavy (non-hydrogen) atoms. The van der Waals surface area contributed by atoms with E-state index in [0.717, 1.165) is 12.0 Å². The predicted molar refractivity (Wildman–Crippen MR) is 68.3 cm³/mol. The highest BCUT2D eigenvalue weighted by molar-refractivity contribution is 5.35.